The van der Waals surface area contributed by atoms with Crippen LogP contribution in [0.4, 0.5) is 0 Å². The molecule has 2 aliphatic heterocycles. The Morgan fingerprint density at radius 3 is 2.74 bits per heavy atom. The Morgan fingerprint density at radius 2 is 1.96 bits per heavy atom. The summed E-state index contributed by atoms with van der Waals surface area (Å²) < 4.78 is 33.6. The first-order chi connectivity index (χ1) is 13.1. The van der Waals surface area contributed by atoms with Gasteiger partial charge in [0.05, 0.1) is 18.1 Å². The van der Waals surface area contributed by atoms with Gasteiger partial charge in [-0.25, -0.2) is 8.42 Å². The molecular formula is C20H25N3O3S. The van der Waals surface area contributed by atoms with Gasteiger partial charge < -0.3 is 4.74 Å². The first kappa shape index (κ1) is 18.6. The van der Waals surface area contributed by atoms with Gasteiger partial charge in [-0.2, -0.15) is 4.31 Å². The molecule has 27 heavy (non-hydrogen) atoms. The maximum absolute atomic E-state index is 13.1. The normalized spacial score (nSPS) is 24.9. The SMILES string of the molecule is O=S(=O)(c1ccccc1)N1CC[C@@H]2COCCN(Cc3cccnc3)[C@@H]2C1. The van der Waals surface area contributed by atoms with E-state index in [-0.39, 0.29) is 6.04 Å². The van der Waals surface area contributed by atoms with Crippen LogP contribution >= 0.6 is 0 Å². The van der Waals surface area contributed by atoms with Crippen LogP contribution in [0.3, 0.4) is 0 Å². The van der Waals surface area contributed by atoms with Crippen LogP contribution in [0.25, 0.3) is 0 Å². The van der Waals surface area contributed by atoms with Crippen molar-refractivity contribution in [2.24, 2.45) is 5.92 Å². The summed E-state index contributed by atoms with van der Waals surface area (Å²) in [6, 6.07) is 12.9. The first-order valence-corrected chi connectivity index (χ1v) is 10.8. The van der Waals surface area contributed by atoms with E-state index in [9.17, 15) is 8.42 Å². The number of pyridine rings is 1. The zero-order valence-corrected chi connectivity index (χ0v) is 16.1. The van der Waals surface area contributed by atoms with E-state index in [0.717, 1.165) is 25.1 Å². The molecule has 2 saturated heterocycles. The molecule has 1 aromatic carbocycles. The molecule has 0 aliphatic carbocycles. The number of sulfonamides is 1. The third kappa shape index (κ3) is 4.06. The van der Waals surface area contributed by atoms with Crippen molar-refractivity contribution in [3.63, 3.8) is 0 Å². The number of nitrogens with zero attached hydrogens (tertiary/aromatic N) is 3. The van der Waals surface area contributed by atoms with Crippen molar-refractivity contribution < 1.29 is 13.2 Å². The van der Waals surface area contributed by atoms with Gasteiger partial charge in [-0.3, -0.25) is 9.88 Å². The van der Waals surface area contributed by atoms with Gasteiger partial charge in [0.2, 0.25) is 10.0 Å². The van der Waals surface area contributed by atoms with Crippen molar-refractivity contribution in [1.29, 1.82) is 0 Å². The van der Waals surface area contributed by atoms with E-state index >= 15 is 0 Å². The van der Waals surface area contributed by atoms with Crippen LogP contribution < -0.4 is 0 Å². The molecule has 6 nitrogen and oxygen atoms in total. The molecule has 3 heterocycles. The van der Waals surface area contributed by atoms with Gasteiger partial charge in [0.25, 0.3) is 0 Å². The lowest BCUT2D eigenvalue weighted by atomic mass is 9.92. The summed E-state index contributed by atoms with van der Waals surface area (Å²) in [5.41, 5.74) is 1.14. The van der Waals surface area contributed by atoms with E-state index in [0.29, 0.717) is 37.1 Å². The molecule has 0 N–H and O–H groups in total. The Kier molecular flexibility index (Phi) is 5.54. The standard InChI is InChI=1S/C20H25N3O3S/c24-27(25,19-6-2-1-3-7-19)23-10-8-18-16-26-12-11-22(20(18)15-23)14-17-5-4-9-21-13-17/h1-7,9,13,18,20H,8,10-12,14-16H2/t18-,20-/m1/s1. The van der Waals surface area contributed by atoms with E-state index in [4.69, 9.17) is 4.74 Å². The average Bonchev–Trinajstić information content (AvgIpc) is 2.91. The highest BCUT2D eigenvalue weighted by Crippen LogP contribution is 2.29. The van der Waals surface area contributed by atoms with Gasteiger partial charge in [-0.05, 0) is 30.2 Å². The summed E-state index contributed by atoms with van der Waals surface area (Å²) in [6.45, 7) is 3.99. The summed E-state index contributed by atoms with van der Waals surface area (Å²) >= 11 is 0. The Labute approximate surface area is 160 Å². The van der Waals surface area contributed by atoms with Crippen molar-refractivity contribution >= 4 is 10.0 Å². The third-order valence-electron chi connectivity index (χ3n) is 5.50. The van der Waals surface area contributed by atoms with E-state index in [1.54, 1.807) is 34.8 Å². The number of rotatable bonds is 4. The minimum Gasteiger partial charge on any atom is -0.380 e. The Bertz CT molecular complexity index is 845. The minimum absolute atomic E-state index is 0.153. The average molecular weight is 388 g/mol. The second-order valence-corrected chi connectivity index (χ2v) is 9.14. The summed E-state index contributed by atoms with van der Waals surface area (Å²) in [5, 5.41) is 0. The lowest BCUT2D eigenvalue weighted by molar-refractivity contribution is 0.0766. The maximum Gasteiger partial charge on any atom is 0.243 e. The fourth-order valence-electron chi connectivity index (χ4n) is 4.02. The highest BCUT2D eigenvalue weighted by molar-refractivity contribution is 7.89. The second-order valence-electron chi connectivity index (χ2n) is 7.20. The molecule has 0 bridgehead atoms. The van der Waals surface area contributed by atoms with Gasteiger partial charge in [0, 0.05) is 50.5 Å². The lowest BCUT2D eigenvalue weighted by Crippen LogP contribution is -2.54. The highest BCUT2D eigenvalue weighted by Gasteiger charge is 2.39. The minimum atomic E-state index is -3.47. The summed E-state index contributed by atoms with van der Waals surface area (Å²) in [6.07, 6.45) is 4.47. The molecule has 2 aromatic rings. The largest absolute Gasteiger partial charge is 0.380 e. The quantitative estimate of drug-likeness (QED) is 0.803. The number of benzene rings is 1. The number of hydrogen-bond donors (Lipinski definition) is 0. The van der Waals surface area contributed by atoms with E-state index < -0.39 is 10.0 Å². The Hall–Kier alpha value is -1.80. The molecule has 2 aliphatic rings. The predicted molar refractivity (Wildman–Crippen MR) is 103 cm³/mol. The smallest absolute Gasteiger partial charge is 0.243 e. The first-order valence-electron chi connectivity index (χ1n) is 9.40. The van der Waals surface area contributed by atoms with Crippen molar-refractivity contribution in [2.75, 3.05) is 32.8 Å². The second kappa shape index (κ2) is 8.06. The number of piperidine rings is 1. The molecule has 0 unspecified atom stereocenters. The topological polar surface area (TPSA) is 62.7 Å². The van der Waals surface area contributed by atoms with Crippen LogP contribution in [0.1, 0.15) is 12.0 Å². The molecule has 0 radical (unpaired) electrons. The van der Waals surface area contributed by atoms with E-state index in [1.807, 2.05) is 18.3 Å². The van der Waals surface area contributed by atoms with Gasteiger partial charge in [0.1, 0.15) is 0 Å². The maximum atomic E-state index is 13.1. The molecule has 1 aromatic heterocycles. The Morgan fingerprint density at radius 1 is 1.11 bits per heavy atom. The molecule has 4 rings (SSSR count). The number of fused-ring (bicyclic) bond motifs is 1. The number of aromatic nitrogens is 1. The number of ether oxygens (including phenoxy) is 1. The summed E-state index contributed by atoms with van der Waals surface area (Å²) in [4.78, 5) is 6.94. The predicted octanol–water partition coefficient (Wildman–Crippen LogP) is 1.99. The van der Waals surface area contributed by atoms with Crippen molar-refractivity contribution in [3.05, 3.63) is 60.4 Å². The van der Waals surface area contributed by atoms with Crippen LogP contribution in [-0.4, -0.2) is 61.5 Å². The Balaban J connectivity index is 1.56. The van der Waals surface area contributed by atoms with Crippen LogP contribution in [0.15, 0.2) is 59.8 Å². The molecular weight excluding hydrogens is 362 g/mol. The van der Waals surface area contributed by atoms with Crippen LogP contribution in [0.5, 0.6) is 0 Å². The molecule has 2 atom stereocenters. The van der Waals surface area contributed by atoms with Gasteiger partial charge in [-0.1, -0.05) is 24.3 Å². The zero-order valence-electron chi connectivity index (χ0n) is 15.3. The van der Waals surface area contributed by atoms with E-state index in [2.05, 4.69) is 16.0 Å². The van der Waals surface area contributed by atoms with Crippen molar-refractivity contribution in [3.8, 4) is 0 Å². The van der Waals surface area contributed by atoms with Gasteiger partial charge >= 0.3 is 0 Å². The van der Waals surface area contributed by atoms with Crippen molar-refractivity contribution in [1.82, 2.24) is 14.2 Å². The van der Waals surface area contributed by atoms with Crippen LogP contribution in [0.2, 0.25) is 0 Å². The molecule has 0 amide bonds. The summed E-state index contributed by atoms with van der Waals surface area (Å²) in [7, 11) is -3.47. The van der Waals surface area contributed by atoms with Crippen molar-refractivity contribution in [2.45, 2.75) is 23.9 Å². The molecule has 144 valence electrons. The molecule has 2 fully saturated rings. The fourth-order valence-corrected chi connectivity index (χ4v) is 5.52. The number of hydrogen-bond acceptors (Lipinski definition) is 5. The van der Waals surface area contributed by atoms with Gasteiger partial charge in [-0.15, -0.1) is 0 Å². The third-order valence-corrected chi connectivity index (χ3v) is 7.38. The zero-order chi connectivity index (χ0) is 18.7. The van der Waals surface area contributed by atoms with E-state index in [1.165, 1.54) is 0 Å². The van der Waals surface area contributed by atoms with Gasteiger partial charge in [0.15, 0.2) is 0 Å². The summed E-state index contributed by atoms with van der Waals surface area (Å²) in [5.74, 6) is 0.353. The van der Waals surface area contributed by atoms with Crippen LogP contribution in [-0.2, 0) is 21.3 Å². The molecule has 0 saturated carbocycles. The van der Waals surface area contributed by atoms with Crippen LogP contribution in [0, 0.1) is 5.92 Å². The fraction of sp³-hybridized carbons (Fsp3) is 0.450. The molecule has 0 spiro atoms. The lowest BCUT2D eigenvalue weighted by Gasteiger charge is -2.41. The molecule has 7 heteroatoms. The monoisotopic (exact) mass is 387 g/mol. The highest BCUT2D eigenvalue weighted by atomic mass is 32.2.